The lowest BCUT2D eigenvalue weighted by atomic mass is 10.2. The van der Waals surface area contributed by atoms with Gasteiger partial charge in [0.05, 0.1) is 18.0 Å². The fourth-order valence-corrected chi connectivity index (χ4v) is 4.26. The highest BCUT2D eigenvalue weighted by molar-refractivity contribution is 7.16. The van der Waals surface area contributed by atoms with Gasteiger partial charge in [-0.25, -0.2) is 9.97 Å². The average molecular weight is 357 g/mol. The molecule has 2 atom stereocenters. The van der Waals surface area contributed by atoms with Crippen LogP contribution in [0.1, 0.15) is 19.3 Å². The van der Waals surface area contributed by atoms with Crippen LogP contribution in [0.2, 0.25) is 0 Å². The minimum Gasteiger partial charge on any atom is -0.472 e. The number of carbonyl (C=O) groups is 1. The number of fused-ring (bicyclic) bond motifs is 1. The van der Waals surface area contributed by atoms with Gasteiger partial charge in [-0.2, -0.15) is 5.26 Å². The number of likely N-dealkylation sites (tertiary alicyclic amines) is 2. The predicted molar refractivity (Wildman–Crippen MR) is 93.2 cm³/mol. The van der Waals surface area contributed by atoms with Gasteiger partial charge in [-0.3, -0.25) is 9.69 Å². The molecule has 4 rings (SSSR count). The molecule has 2 saturated heterocycles. The second-order valence-electron chi connectivity index (χ2n) is 6.46. The van der Waals surface area contributed by atoms with Crippen molar-refractivity contribution in [1.82, 2.24) is 19.8 Å². The number of amides is 1. The first-order valence-corrected chi connectivity index (χ1v) is 9.39. The normalized spacial score (nSPS) is 23.9. The Balaban J connectivity index is 1.35. The second-order valence-corrected chi connectivity index (χ2v) is 7.35. The molecule has 2 aromatic heterocycles. The molecule has 0 aromatic carbocycles. The van der Waals surface area contributed by atoms with Gasteiger partial charge in [0.2, 0.25) is 11.8 Å². The molecule has 1 unspecified atom stereocenters. The van der Waals surface area contributed by atoms with Crippen molar-refractivity contribution in [2.24, 2.45) is 0 Å². The standard InChI is InChI=1S/C17H19N5O2S/c18-8-12-2-1-5-22(12)15(23)10-21-6-3-13(9-21)24-16-14-4-7-25-17(14)20-11-19-16/h4,7,11-13H,1-3,5-6,9-10H2/t12?,13-/m0/s1. The van der Waals surface area contributed by atoms with Crippen LogP contribution in [0.25, 0.3) is 10.2 Å². The van der Waals surface area contributed by atoms with E-state index in [2.05, 4.69) is 20.9 Å². The maximum atomic E-state index is 12.4. The Morgan fingerprint density at radius 1 is 1.40 bits per heavy atom. The Labute approximate surface area is 149 Å². The first kappa shape index (κ1) is 16.2. The first-order chi connectivity index (χ1) is 12.2. The van der Waals surface area contributed by atoms with E-state index < -0.39 is 0 Å². The SMILES string of the molecule is N#CC1CCCN1C(=O)CN1CC[C@H](Oc2ncnc3sccc23)C1. The van der Waals surface area contributed by atoms with Crippen molar-refractivity contribution in [3.8, 4) is 11.9 Å². The third-order valence-electron chi connectivity index (χ3n) is 4.81. The van der Waals surface area contributed by atoms with E-state index in [4.69, 9.17) is 10.00 Å². The maximum Gasteiger partial charge on any atom is 0.237 e. The second kappa shape index (κ2) is 6.94. The van der Waals surface area contributed by atoms with Crippen LogP contribution >= 0.6 is 11.3 Å². The largest absolute Gasteiger partial charge is 0.472 e. The highest BCUT2D eigenvalue weighted by Crippen LogP contribution is 2.27. The van der Waals surface area contributed by atoms with E-state index in [0.717, 1.165) is 36.0 Å². The van der Waals surface area contributed by atoms with Gasteiger partial charge in [-0.15, -0.1) is 11.3 Å². The average Bonchev–Trinajstić information content (AvgIpc) is 3.35. The van der Waals surface area contributed by atoms with Crippen molar-refractivity contribution >= 4 is 27.5 Å². The van der Waals surface area contributed by atoms with Crippen molar-refractivity contribution in [1.29, 1.82) is 5.26 Å². The smallest absolute Gasteiger partial charge is 0.237 e. The Hall–Kier alpha value is -2.24. The van der Waals surface area contributed by atoms with Crippen molar-refractivity contribution in [2.75, 3.05) is 26.2 Å². The van der Waals surface area contributed by atoms with E-state index in [9.17, 15) is 4.79 Å². The van der Waals surface area contributed by atoms with Gasteiger partial charge in [0.25, 0.3) is 0 Å². The zero-order valence-electron chi connectivity index (χ0n) is 13.8. The molecule has 8 heteroatoms. The molecular formula is C17H19N5O2S. The quantitative estimate of drug-likeness (QED) is 0.828. The van der Waals surface area contributed by atoms with Crippen LogP contribution in [0.5, 0.6) is 5.88 Å². The molecule has 2 aromatic rings. The molecule has 7 nitrogen and oxygen atoms in total. The lowest BCUT2D eigenvalue weighted by molar-refractivity contribution is -0.132. The molecule has 2 aliphatic rings. The number of thiophene rings is 1. The van der Waals surface area contributed by atoms with Crippen molar-refractivity contribution in [3.63, 3.8) is 0 Å². The summed E-state index contributed by atoms with van der Waals surface area (Å²) in [6, 6.07) is 3.94. The van der Waals surface area contributed by atoms with Crippen LogP contribution in [0, 0.1) is 11.3 Å². The van der Waals surface area contributed by atoms with E-state index in [1.807, 2.05) is 11.4 Å². The summed E-state index contributed by atoms with van der Waals surface area (Å²) in [6.07, 6.45) is 4.12. The van der Waals surface area contributed by atoms with Crippen LogP contribution in [-0.4, -0.2) is 64.0 Å². The number of hydrogen-bond donors (Lipinski definition) is 0. The molecule has 0 aliphatic carbocycles. The molecule has 25 heavy (non-hydrogen) atoms. The Morgan fingerprint density at radius 3 is 3.20 bits per heavy atom. The molecule has 0 bridgehead atoms. The van der Waals surface area contributed by atoms with Crippen LogP contribution in [0.3, 0.4) is 0 Å². The predicted octanol–water partition coefficient (Wildman–Crippen LogP) is 1.66. The third-order valence-corrected chi connectivity index (χ3v) is 5.63. The lowest BCUT2D eigenvalue weighted by Gasteiger charge is -2.23. The number of ether oxygens (including phenoxy) is 1. The Bertz CT molecular complexity index is 817. The van der Waals surface area contributed by atoms with E-state index in [0.29, 0.717) is 25.5 Å². The minimum absolute atomic E-state index is 0.0242. The molecule has 2 aliphatic heterocycles. The van der Waals surface area contributed by atoms with Crippen LogP contribution in [-0.2, 0) is 4.79 Å². The van der Waals surface area contributed by atoms with Crippen molar-refractivity contribution < 1.29 is 9.53 Å². The fraction of sp³-hybridized carbons (Fsp3) is 0.529. The molecular weight excluding hydrogens is 338 g/mol. The molecule has 2 fully saturated rings. The summed E-state index contributed by atoms with van der Waals surface area (Å²) in [5.41, 5.74) is 0. The molecule has 0 radical (unpaired) electrons. The van der Waals surface area contributed by atoms with Gasteiger partial charge in [0, 0.05) is 19.6 Å². The number of rotatable bonds is 4. The maximum absolute atomic E-state index is 12.4. The molecule has 0 saturated carbocycles. The van der Waals surface area contributed by atoms with Crippen LogP contribution in [0.4, 0.5) is 0 Å². The summed E-state index contributed by atoms with van der Waals surface area (Å²) in [6.45, 7) is 2.57. The molecule has 0 N–H and O–H groups in total. The van der Waals surface area contributed by atoms with Gasteiger partial charge < -0.3 is 9.64 Å². The van der Waals surface area contributed by atoms with Gasteiger partial charge in [0.15, 0.2) is 0 Å². The lowest BCUT2D eigenvalue weighted by Crippen LogP contribution is -2.42. The van der Waals surface area contributed by atoms with E-state index in [1.165, 1.54) is 6.33 Å². The van der Waals surface area contributed by atoms with Gasteiger partial charge >= 0.3 is 0 Å². The number of hydrogen-bond acceptors (Lipinski definition) is 7. The summed E-state index contributed by atoms with van der Waals surface area (Å²) in [5, 5.41) is 12.1. The fourth-order valence-electron chi connectivity index (χ4n) is 3.54. The van der Waals surface area contributed by atoms with Crippen LogP contribution in [0.15, 0.2) is 17.8 Å². The van der Waals surface area contributed by atoms with Gasteiger partial charge in [0.1, 0.15) is 23.3 Å². The summed E-state index contributed by atoms with van der Waals surface area (Å²) in [5.74, 6) is 0.667. The zero-order chi connectivity index (χ0) is 17.2. The molecule has 4 heterocycles. The summed E-state index contributed by atoms with van der Waals surface area (Å²) in [4.78, 5) is 25.7. The topological polar surface area (TPSA) is 82.4 Å². The van der Waals surface area contributed by atoms with Crippen LogP contribution < -0.4 is 4.74 Å². The van der Waals surface area contributed by atoms with Crippen molar-refractivity contribution in [3.05, 3.63) is 17.8 Å². The summed E-state index contributed by atoms with van der Waals surface area (Å²) < 4.78 is 6.06. The third kappa shape index (κ3) is 3.30. The first-order valence-electron chi connectivity index (χ1n) is 8.51. The van der Waals surface area contributed by atoms with E-state index >= 15 is 0 Å². The highest BCUT2D eigenvalue weighted by atomic mass is 32.1. The van der Waals surface area contributed by atoms with E-state index in [1.54, 1.807) is 16.2 Å². The Kier molecular flexibility index (Phi) is 4.51. The number of aromatic nitrogens is 2. The molecule has 130 valence electrons. The molecule has 1 amide bonds. The van der Waals surface area contributed by atoms with E-state index in [-0.39, 0.29) is 18.1 Å². The molecule has 0 spiro atoms. The number of nitrogens with zero attached hydrogens (tertiary/aromatic N) is 5. The number of carbonyl (C=O) groups excluding carboxylic acids is 1. The zero-order valence-corrected chi connectivity index (χ0v) is 14.6. The summed E-state index contributed by atoms with van der Waals surface area (Å²) >= 11 is 1.57. The monoisotopic (exact) mass is 357 g/mol. The van der Waals surface area contributed by atoms with Crippen molar-refractivity contribution in [2.45, 2.75) is 31.4 Å². The highest BCUT2D eigenvalue weighted by Gasteiger charge is 2.32. The minimum atomic E-state index is -0.255. The van der Waals surface area contributed by atoms with Gasteiger partial charge in [-0.05, 0) is 30.7 Å². The summed E-state index contributed by atoms with van der Waals surface area (Å²) in [7, 11) is 0. The van der Waals surface area contributed by atoms with Gasteiger partial charge in [-0.1, -0.05) is 0 Å². The number of nitriles is 1. The Morgan fingerprint density at radius 2 is 2.32 bits per heavy atom.